The Morgan fingerprint density at radius 3 is 2.92 bits per heavy atom. The predicted molar refractivity (Wildman–Crippen MR) is 53.4 cm³/mol. The van der Waals surface area contributed by atoms with E-state index < -0.39 is 0 Å². The molecule has 0 heterocycles. The number of fused-ring (bicyclic) bond motifs is 1. The van der Waals surface area contributed by atoms with Gasteiger partial charge in [0.05, 0.1) is 12.1 Å². The van der Waals surface area contributed by atoms with Gasteiger partial charge in [0, 0.05) is 0 Å². The molecule has 13 heavy (non-hydrogen) atoms. The summed E-state index contributed by atoms with van der Waals surface area (Å²) in [5.41, 5.74) is 2.58. The van der Waals surface area contributed by atoms with Gasteiger partial charge in [0.2, 0.25) is 0 Å². The van der Waals surface area contributed by atoms with Crippen LogP contribution in [0.2, 0.25) is 0 Å². The Bertz CT molecular complexity index is 260. The zero-order valence-corrected chi connectivity index (χ0v) is 8.22. The molecule has 0 unspecified atom stereocenters. The number of hydrogen-bond donors (Lipinski definition) is 2. The van der Waals surface area contributed by atoms with Crippen molar-refractivity contribution in [3.8, 4) is 0 Å². The second kappa shape index (κ2) is 3.82. The predicted octanol–water partition coefficient (Wildman–Crippen LogP) is 1.90. The first-order valence-electron chi connectivity index (χ1n) is 4.76. The molecule has 3 heteroatoms. The molecule has 1 saturated carbocycles. The largest absolute Gasteiger partial charge is 0.391 e. The molecule has 72 valence electrons. The molecule has 2 nitrogen and oxygen atoms in total. The third-order valence-corrected chi connectivity index (χ3v) is 3.07. The van der Waals surface area contributed by atoms with Gasteiger partial charge in [-0.1, -0.05) is 12.2 Å². The van der Waals surface area contributed by atoms with Gasteiger partial charge in [-0.2, -0.15) is 0 Å². The molecular formula is C10H14ClNO. The van der Waals surface area contributed by atoms with Crippen molar-refractivity contribution < 1.29 is 5.11 Å². The highest BCUT2D eigenvalue weighted by atomic mass is 35.5. The molecule has 2 rings (SSSR count). The van der Waals surface area contributed by atoms with Crippen LogP contribution in [-0.4, -0.2) is 17.3 Å². The number of halogens is 1. The van der Waals surface area contributed by atoms with Crippen LogP contribution >= 0.6 is 11.8 Å². The second-order valence-corrected chi connectivity index (χ2v) is 3.88. The first-order valence-corrected chi connectivity index (χ1v) is 5.14. The van der Waals surface area contributed by atoms with Crippen LogP contribution in [0.5, 0.6) is 0 Å². The van der Waals surface area contributed by atoms with Crippen molar-refractivity contribution in [1.29, 1.82) is 0 Å². The van der Waals surface area contributed by atoms with Gasteiger partial charge in [-0.15, -0.1) is 0 Å². The van der Waals surface area contributed by atoms with Gasteiger partial charge in [0.1, 0.15) is 0 Å². The van der Waals surface area contributed by atoms with Gasteiger partial charge in [-0.25, -0.2) is 4.84 Å². The maximum Gasteiger partial charge on any atom is 0.0750 e. The van der Waals surface area contributed by atoms with Crippen molar-refractivity contribution in [2.75, 3.05) is 0 Å². The molecule has 0 aliphatic heterocycles. The highest BCUT2D eigenvalue weighted by Gasteiger charge is 2.30. The van der Waals surface area contributed by atoms with Gasteiger partial charge in [0.25, 0.3) is 0 Å². The SMILES string of the molecule is O[C@@H]1CCC2=CCCC=C2[C@H]1NCl. The zero-order valence-electron chi connectivity index (χ0n) is 7.46. The summed E-state index contributed by atoms with van der Waals surface area (Å²) in [5, 5.41) is 9.69. The normalized spacial score (nSPS) is 33.4. The summed E-state index contributed by atoms with van der Waals surface area (Å²) in [6.45, 7) is 0. The maximum atomic E-state index is 9.69. The molecule has 0 aromatic rings. The number of allylic oxidation sites excluding steroid dienone is 2. The van der Waals surface area contributed by atoms with E-state index >= 15 is 0 Å². The minimum atomic E-state index is -0.334. The van der Waals surface area contributed by atoms with Crippen molar-refractivity contribution >= 4 is 11.8 Å². The van der Waals surface area contributed by atoms with Gasteiger partial charge < -0.3 is 5.11 Å². The lowest BCUT2D eigenvalue weighted by Gasteiger charge is -2.32. The van der Waals surface area contributed by atoms with Crippen LogP contribution in [0.3, 0.4) is 0 Å². The van der Waals surface area contributed by atoms with Crippen LogP contribution in [0, 0.1) is 0 Å². The lowest BCUT2D eigenvalue weighted by molar-refractivity contribution is 0.133. The van der Waals surface area contributed by atoms with E-state index in [2.05, 4.69) is 17.0 Å². The summed E-state index contributed by atoms with van der Waals surface area (Å²) in [5.74, 6) is 0. The number of rotatable bonds is 1. The van der Waals surface area contributed by atoms with Crippen LogP contribution < -0.4 is 4.84 Å². The van der Waals surface area contributed by atoms with E-state index in [1.165, 1.54) is 11.1 Å². The molecule has 2 N–H and O–H groups in total. The lowest BCUT2D eigenvalue weighted by atomic mass is 9.80. The topological polar surface area (TPSA) is 32.3 Å². The van der Waals surface area contributed by atoms with Crippen LogP contribution in [0.15, 0.2) is 23.3 Å². The number of nitrogens with one attached hydrogen (secondary N) is 1. The summed E-state index contributed by atoms with van der Waals surface area (Å²) >= 11 is 5.62. The quantitative estimate of drug-likeness (QED) is 0.633. The van der Waals surface area contributed by atoms with Crippen LogP contribution in [0.1, 0.15) is 25.7 Å². The van der Waals surface area contributed by atoms with Crippen LogP contribution in [0.4, 0.5) is 0 Å². The first kappa shape index (κ1) is 9.25. The first-order chi connectivity index (χ1) is 6.33. The highest BCUT2D eigenvalue weighted by molar-refractivity contribution is 6.13. The Hall–Kier alpha value is -0.310. The lowest BCUT2D eigenvalue weighted by Crippen LogP contribution is -2.40. The fourth-order valence-electron chi connectivity index (χ4n) is 2.13. The molecule has 0 bridgehead atoms. The summed E-state index contributed by atoms with van der Waals surface area (Å²) in [7, 11) is 0. The minimum Gasteiger partial charge on any atom is -0.391 e. The van der Waals surface area contributed by atoms with Crippen molar-refractivity contribution in [2.24, 2.45) is 0 Å². The maximum absolute atomic E-state index is 9.69. The van der Waals surface area contributed by atoms with Crippen LogP contribution in [0.25, 0.3) is 0 Å². The molecule has 0 amide bonds. The van der Waals surface area contributed by atoms with Crippen molar-refractivity contribution in [2.45, 2.75) is 37.8 Å². The van der Waals surface area contributed by atoms with Crippen LogP contribution in [-0.2, 0) is 0 Å². The average Bonchev–Trinajstić information content (AvgIpc) is 2.18. The number of aliphatic hydroxyl groups excluding tert-OH is 1. The van der Waals surface area contributed by atoms with E-state index in [-0.39, 0.29) is 12.1 Å². The Labute approximate surface area is 83.4 Å². The fraction of sp³-hybridized carbons (Fsp3) is 0.600. The van der Waals surface area contributed by atoms with Gasteiger partial charge in [-0.05, 0) is 48.6 Å². The van der Waals surface area contributed by atoms with E-state index in [9.17, 15) is 5.11 Å². The Morgan fingerprint density at radius 2 is 2.15 bits per heavy atom. The molecular weight excluding hydrogens is 186 g/mol. The third-order valence-electron chi connectivity index (χ3n) is 2.84. The van der Waals surface area contributed by atoms with E-state index in [1.807, 2.05) is 0 Å². The summed E-state index contributed by atoms with van der Waals surface area (Å²) in [4.78, 5) is 2.67. The Balaban J connectivity index is 2.24. The van der Waals surface area contributed by atoms with Gasteiger partial charge in [-0.3, -0.25) is 0 Å². The monoisotopic (exact) mass is 199 g/mol. The molecule has 2 atom stereocenters. The van der Waals surface area contributed by atoms with Crippen molar-refractivity contribution in [1.82, 2.24) is 4.84 Å². The highest BCUT2D eigenvalue weighted by Crippen LogP contribution is 2.33. The molecule has 0 radical (unpaired) electrons. The molecule has 2 aliphatic carbocycles. The summed E-state index contributed by atoms with van der Waals surface area (Å²) in [6, 6.07) is -0.0676. The van der Waals surface area contributed by atoms with Crippen molar-refractivity contribution in [3.63, 3.8) is 0 Å². The minimum absolute atomic E-state index is 0.0676. The molecule has 2 aliphatic rings. The number of aliphatic hydroxyl groups is 1. The molecule has 1 fully saturated rings. The van der Waals surface area contributed by atoms with E-state index in [0.717, 1.165) is 25.7 Å². The van der Waals surface area contributed by atoms with Gasteiger partial charge >= 0.3 is 0 Å². The smallest absolute Gasteiger partial charge is 0.0750 e. The Kier molecular flexibility index (Phi) is 2.72. The van der Waals surface area contributed by atoms with Crippen molar-refractivity contribution in [3.05, 3.63) is 23.3 Å². The third kappa shape index (κ3) is 1.66. The average molecular weight is 200 g/mol. The number of hydrogen-bond acceptors (Lipinski definition) is 2. The van der Waals surface area contributed by atoms with E-state index in [0.29, 0.717) is 0 Å². The van der Waals surface area contributed by atoms with E-state index in [4.69, 9.17) is 11.8 Å². The zero-order chi connectivity index (χ0) is 9.26. The Morgan fingerprint density at radius 1 is 1.38 bits per heavy atom. The summed E-state index contributed by atoms with van der Waals surface area (Å²) in [6.07, 6.45) is 8.12. The van der Waals surface area contributed by atoms with E-state index in [1.54, 1.807) is 0 Å². The molecule has 0 aromatic heterocycles. The summed E-state index contributed by atoms with van der Waals surface area (Å²) < 4.78 is 0. The fourth-order valence-corrected chi connectivity index (χ4v) is 2.39. The second-order valence-electron chi connectivity index (χ2n) is 3.66. The van der Waals surface area contributed by atoms with Gasteiger partial charge in [0.15, 0.2) is 0 Å². The molecule has 0 aromatic carbocycles. The molecule has 0 saturated heterocycles. The standard InChI is InChI=1S/C10H14ClNO/c11-12-10-8-4-2-1-3-7(8)5-6-9(10)13/h3-4,9-10,12-13H,1-2,5-6H2/t9-,10-/m1/s1. The molecule has 0 spiro atoms.